The Morgan fingerprint density at radius 1 is 1.86 bits per heavy atom. The van der Waals surface area contributed by atoms with Crippen molar-refractivity contribution in [2.45, 2.75) is 0 Å². The topological polar surface area (TPSA) is 55.1 Å². The van der Waals surface area contributed by atoms with E-state index in [0.717, 1.165) is 0 Å². The molecule has 0 aliphatic heterocycles. The van der Waals surface area contributed by atoms with E-state index >= 15 is 0 Å². The number of amides is 1. The molecule has 0 spiro atoms. The Morgan fingerprint density at radius 2 is 2.29 bits per heavy atom. The van der Waals surface area contributed by atoms with Crippen LogP contribution in [0.15, 0.2) is 0 Å². The van der Waals surface area contributed by atoms with Gasteiger partial charge < -0.3 is 0 Å². The third-order valence-electron chi connectivity index (χ3n) is 0.282. The molecule has 0 saturated heterocycles. The summed E-state index contributed by atoms with van der Waals surface area (Å²) in [5.74, 6) is 4.16. The van der Waals surface area contributed by atoms with Crippen molar-refractivity contribution in [3.05, 3.63) is 0 Å². The molecule has 0 aliphatic rings. The summed E-state index contributed by atoms with van der Waals surface area (Å²) in [5, 5.41) is 0. The monoisotopic (exact) mass is 144 g/mol. The minimum Gasteiger partial charge on any atom is -0.293 e. The number of carbonyl (C=O) groups excluding carboxylic acids is 1. The summed E-state index contributed by atoms with van der Waals surface area (Å²) in [7, 11) is 0. The third kappa shape index (κ3) is 6.01. The van der Waals surface area contributed by atoms with Gasteiger partial charge in [0.25, 0.3) is 0 Å². The van der Waals surface area contributed by atoms with E-state index in [2.05, 4.69) is 5.84 Å². The summed E-state index contributed by atoms with van der Waals surface area (Å²) in [6.07, 6.45) is 0. The first kappa shape index (κ1) is 10.1. The zero-order valence-electron chi connectivity index (χ0n) is 3.48. The van der Waals surface area contributed by atoms with Crippen molar-refractivity contribution in [3.63, 3.8) is 0 Å². The van der Waals surface area contributed by atoms with E-state index in [0.29, 0.717) is 0 Å². The first-order chi connectivity index (χ1) is 2.81. The lowest BCUT2D eigenvalue weighted by Gasteiger charge is -1.85. The van der Waals surface area contributed by atoms with Crippen LogP contribution in [0, 0.1) is 0 Å². The summed E-state index contributed by atoms with van der Waals surface area (Å²) < 4.78 is 0. The molecule has 0 atom stereocenters. The molecule has 0 aliphatic carbocycles. The fourth-order valence-electron chi connectivity index (χ4n) is 0.0386. The van der Waals surface area contributed by atoms with Gasteiger partial charge in [-0.3, -0.25) is 10.2 Å². The second kappa shape index (κ2) is 6.01. The minimum absolute atomic E-state index is 0. The zero-order chi connectivity index (χ0) is 4.99. The smallest absolute Gasteiger partial charge is 0.248 e. The van der Waals surface area contributed by atoms with Gasteiger partial charge in [-0.1, -0.05) is 0 Å². The normalized spacial score (nSPS) is 6.57. The Hall–Kier alpha value is 0.01000. The highest BCUT2D eigenvalue weighted by molar-refractivity contribution is 6.27. The summed E-state index contributed by atoms with van der Waals surface area (Å²) in [6.45, 7) is 0. The molecule has 0 bridgehead atoms. The third-order valence-corrected chi connectivity index (χ3v) is 0.525. The SMILES string of the molecule is Cl.NNC(=O)CCl. The van der Waals surface area contributed by atoms with Crippen LogP contribution in [0.5, 0.6) is 0 Å². The van der Waals surface area contributed by atoms with Crippen LogP contribution in [0.2, 0.25) is 0 Å². The predicted octanol–water partition coefficient (Wildman–Crippen LogP) is -0.363. The Balaban J connectivity index is 0. The lowest BCUT2D eigenvalue weighted by Crippen LogP contribution is -2.30. The number of nitrogens with one attached hydrogen (secondary N) is 1. The van der Waals surface area contributed by atoms with Crippen LogP contribution in [-0.4, -0.2) is 11.8 Å². The van der Waals surface area contributed by atoms with E-state index in [4.69, 9.17) is 11.6 Å². The Kier molecular flexibility index (Phi) is 8.66. The number of hydrogen-bond acceptors (Lipinski definition) is 2. The van der Waals surface area contributed by atoms with Gasteiger partial charge in [0.05, 0.1) is 0 Å². The van der Waals surface area contributed by atoms with E-state index in [-0.39, 0.29) is 24.2 Å². The lowest BCUT2D eigenvalue weighted by atomic mass is 10.8. The largest absolute Gasteiger partial charge is 0.293 e. The second-order valence-corrected chi connectivity index (χ2v) is 0.968. The highest BCUT2D eigenvalue weighted by atomic mass is 35.5. The highest BCUT2D eigenvalue weighted by Crippen LogP contribution is 1.67. The van der Waals surface area contributed by atoms with Crippen LogP contribution in [-0.2, 0) is 4.79 Å². The van der Waals surface area contributed by atoms with Crippen molar-refractivity contribution in [3.8, 4) is 0 Å². The number of carbonyl (C=O) groups is 1. The van der Waals surface area contributed by atoms with Gasteiger partial charge in [0, 0.05) is 0 Å². The van der Waals surface area contributed by atoms with Crippen molar-refractivity contribution in [2.75, 3.05) is 5.88 Å². The Bertz CT molecular complexity index is 51.7. The summed E-state index contributed by atoms with van der Waals surface area (Å²) in [5.41, 5.74) is 1.84. The Morgan fingerprint density at radius 3 is 2.29 bits per heavy atom. The number of nitrogens with two attached hydrogens (primary N) is 1. The quantitative estimate of drug-likeness (QED) is 0.229. The van der Waals surface area contributed by atoms with Crippen molar-refractivity contribution in [2.24, 2.45) is 5.84 Å². The average Bonchev–Trinajstić information content (AvgIpc) is 1.65. The molecule has 44 valence electrons. The minimum atomic E-state index is -0.364. The number of hydrazine groups is 1. The van der Waals surface area contributed by atoms with Gasteiger partial charge >= 0.3 is 0 Å². The van der Waals surface area contributed by atoms with Crippen LogP contribution < -0.4 is 11.3 Å². The predicted molar refractivity (Wildman–Crippen MR) is 30.3 cm³/mol. The molecule has 0 rings (SSSR count). The molecule has 0 unspecified atom stereocenters. The van der Waals surface area contributed by atoms with Crippen LogP contribution in [0.4, 0.5) is 0 Å². The highest BCUT2D eigenvalue weighted by Gasteiger charge is 1.87. The molecule has 0 aromatic rings. The molecule has 1 amide bonds. The van der Waals surface area contributed by atoms with Gasteiger partial charge in [0.15, 0.2) is 0 Å². The van der Waals surface area contributed by atoms with Crippen molar-refractivity contribution in [1.29, 1.82) is 0 Å². The molecule has 0 heterocycles. The van der Waals surface area contributed by atoms with Gasteiger partial charge in [0.1, 0.15) is 5.88 Å². The number of alkyl halides is 1. The fourth-order valence-corrected chi connectivity index (χ4v) is 0.116. The molecular formula is C2H6Cl2N2O. The molecule has 0 radical (unpaired) electrons. The standard InChI is InChI=1S/C2H5ClN2O.ClH/c3-1-2(6)5-4;/h1,4H2,(H,5,6);1H. The van der Waals surface area contributed by atoms with Crippen LogP contribution in [0.25, 0.3) is 0 Å². The average molecular weight is 145 g/mol. The van der Waals surface area contributed by atoms with Crippen molar-refractivity contribution in [1.82, 2.24) is 5.43 Å². The maximum Gasteiger partial charge on any atom is 0.248 e. The first-order valence-electron chi connectivity index (χ1n) is 1.36. The van der Waals surface area contributed by atoms with Crippen molar-refractivity contribution < 1.29 is 4.79 Å². The maximum atomic E-state index is 9.81. The van der Waals surface area contributed by atoms with E-state index in [1.807, 2.05) is 5.43 Å². The summed E-state index contributed by atoms with van der Waals surface area (Å²) in [4.78, 5) is 9.81. The molecule has 0 aromatic carbocycles. The molecule has 3 nitrogen and oxygen atoms in total. The lowest BCUT2D eigenvalue weighted by molar-refractivity contribution is -0.118. The zero-order valence-corrected chi connectivity index (χ0v) is 5.05. The molecule has 0 saturated carbocycles. The van der Waals surface area contributed by atoms with E-state index in [9.17, 15) is 4.79 Å². The van der Waals surface area contributed by atoms with E-state index in [1.54, 1.807) is 0 Å². The van der Waals surface area contributed by atoms with Crippen LogP contribution >= 0.6 is 24.0 Å². The fraction of sp³-hybridized carbons (Fsp3) is 0.500. The molecule has 0 fully saturated rings. The molecule has 5 heteroatoms. The maximum absolute atomic E-state index is 9.81. The molecule has 3 N–H and O–H groups in total. The summed E-state index contributed by atoms with van der Waals surface area (Å²) in [6, 6.07) is 0. The van der Waals surface area contributed by atoms with Crippen molar-refractivity contribution >= 4 is 29.9 Å². The second-order valence-electron chi connectivity index (χ2n) is 0.701. The van der Waals surface area contributed by atoms with Gasteiger partial charge in [-0.2, -0.15) is 0 Å². The first-order valence-corrected chi connectivity index (χ1v) is 1.90. The van der Waals surface area contributed by atoms with Gasteiger partial charge in [-0.05, 0) is 0 Å². The van der Waals surface area contributed by atoms with Gasteiger partial charge in [0.2, 0.25) is 5.91 Å². The molecule has 7 heavy (non-hydrogen) atoms. The van der Waals surface area contributed by atoms with E-state index < -0.39 is 0 Å². The molecule has 0 aromatic heterocycles. The number of halogens is 2. The van der Waals surface area contributed by atoms with Gasteiger partial charge in [-0.25, -0.2) is 5.84 Å². The van der Waals surface area contributed by atoms with Crippen LogP contribution in [0.3, 0.4) is 0 Å². The van der Waals surface area contributed by atoms with E-state index in [1.165, 1.54) is 0 Å². The Labute approximate surface area is 52.6 Å². The number of hydrogen-bond donors (Lipinski definition) is 2. The summed E-state index contributed by atoms with van der Waals surface area (Å²) >= 11 is 4.96. The van der Waals surface area contributed by atoms with Crippen LogP contribution in [0.1, 0.15) is 0 Å². The number of rotatable bonds is 1. The van der Waals surface area contributed by atoms with Gasteiger partial charge in [-0.15, -0.1) is 24.0 Å². The molecular weight excluding hydrogens is 139 g/mol.